The summed E-state index contributed by atoms with van der Waals surface area (Å²) < 4.78 is 10.4. The summed E-state index contributed by atoms with van der Waals surface area (Å²) in [5.74, 6) is 0.882. The van der Waals surface area contributed by atoms with Gasteiger partial charge in [0.15, 0.2) is 0 Å². The molecule has 3 rings (SSSR count). The molecule has 1 aromatic carbocycles. The lowest BCUT2D eigenvalue weighted by molar-refractivity contribution is -0.127. The van der Waals surface area contributed by atoms with E-state index in [9.17, 15) is 4.79 Å². The Balaban J connectivity index is 1.64. The average molecular weight is 328 g/mol. The standard InChI is InChI=1S/C18H20N2O2S/c1-3-18(21)20-9-7-15(8-10-20)22-16-6-4-5-14(11-16)17-12-23-19-13(17)2/h3-6,11-12,15H,1,7-10H2,2H3. The fourth-order valence-corrected chi connectivity index (χ4v) is 3.54. The zero-order chi connectivity index (χ0) is 16.2. The van der Waals surface area contributed by atoms with Gasteiger partial charge >= 0.3 is 0 Å². The first kappa shape index (κ1) is 15.7. The Kier molecular flexibility index (Phi) is 4.76. The van der Waals surface area contributed by atoms with Crippen LogP contribution in [0.25, 0.3) is 11.1 Å². The quantitative estimate of drug-likeness (QED) is 0.804. The van der Waals surface area contributed by atoms with Gasteiger partial charge in [0, 0.05) is 36.9 Å². The minimum atomic E-state index is 0.00544. The summed E-state index contributed by atoms with van der Waals surface area (Å²) in [6.07, 6.45) is 3.23. The maximum Gasteiger partial charge on any atom is 0.245 e. The average Bonchev–Trinajstić information content (AvgIpc) is 3.01. The van der Waals surface area contributed by atoms with Crippen LogP contribution < -0.4 is 4.74 Å². The number of carbonyl (C=O) groups is 1. The zero-order valence-electron chi connectivity index (χ0n) is 13.2. The van der Waals surface area contributed by atoms with E-state index in [-0.39, 0.29) is 12.0 Å². The van der Waals surface area contributed by atoms with E-state index in [0.29, 0.717) is 0 Å². The summed E-state index contributed by atoms with van der Waals surface area (Å²) in [5.41, 5.74) is 3.34. The van der Waals surface area contributed by atoms with Crippen LogP contribution >= 0.6 is 11.5 Å². The smallest absolute Gasteiger partial charge is 0.245 e. The van der Waals surface area contributed by atoms with Crippen molar-refractivity contribution in [1.82, 2.24) is 9.27 Å². The van der Waals surface area contributed by atoms with Crippen LogP contribution in [-0.2, 0) is 4.79 Å². The van der Waals surface area contributed by atoms with Crippen molar-refractivity contribution in [3.8, 4) is 16.9 Å². The fraction of sp³-hybridized carbons (Fsp3) is 0.333. The molecular formula is C18H20N2O2S. The van der Waals surface area contributed by atoms with Gasteiger partial charge in [0.25, 0.3) is 0 Å². The summed E-state index contributed by atoms with van der Waals surface area (Å²) >= 11 is 1.47. The summed E-state index contributed by atoms with van der Waals surface area (Å²) in [6, 6.07) is 8.14. The van der Waals surface area contributed by atoms with Gasteiger partial charge < -0.3 is 9.64 Å². The minimum absolute atomic E-state index is 0.00544. The van der Waals surface area contributed by atoms with Crippen molar-refractivity contribution in [2.75, 3.05) is 13.1 Å². The molecule has 0 atom stereocenters. The van der Waals surface area contributed by atoms with E-state index in [1.54, 1.807) is 0 Å². The number of aromatic nitrogens is 1. The molecule has 0 aliphatic carbocycles. The van der Waals surface area contributed by atoms with E-state index in [0.717, 1.165) is 48.5 Å². The molecule has 1 fully saturated rings. The third kappa shape index (κ3) is 3.62. The first-order valence-corrected chi connectivity index (χ1v) is 8.60. The Morgan fingerprint density at radius 3 is 2.87 bits per heavy atom. The van der Waals surface area contributed by atoms with Gasteiger partial charge in [0.2, 0.25) is 5.91 Å². The molecular weight excluding hydrogens is 308 g/mol. The van der Waals surface area contributed by atoms with Crippen molar-refractivity contribution in [2.24, 2.45) is 0 Å². The molecule has 0 saturated carbocycles. The molecule has 1 aliphatic heterocycles. The molecule has 1 aromatic heterocycles. The summed E-state index contributed by atoms with van der Waals surface area (Å²) in [4.78, 5) is 13.4. The molecule has 0 N–H and O–H groups in total. The molecule has 120 valence electrons. The second-order valence-corrected chi connectivity index (χ2v) is 6.32. The molecule has 1 amide bonds. The number of nitrogens with zero attached hydrogens (tertiary/aromatic N) is 2. The number of rotatable bonds is 4. The first-order valence-electron chi connectivity index (χ1n) is 7.77. The number of aryl methyl sites for hydroxylation is 1. The number of piperidine rings is 1. The van der Waals surface area contributed by atoms with E-state index < -0.39 is 0 Å². The normalized spacial score (nSPS) is 15.4. The maximum atomic E-state index is 11.6. The number of benzene rings is 1. The molecule has 0 unspecified atom stereocenters. The van der Waals surface area contributed by atoms with Gasteiger partial charge in [-0.1, -0.05) is 18.7 Å². The fourth-order valence-electron chi connectivity index (χ4n) is 2.82. The lowest BCUT2D eigenvalue weighted by Gasteiger charge is -2.31. The maximum absolute atomic E-state index is 11.6. The molecule has 0 radical (unpaired) electrons. The molecule has 1 saturated heterocycles. The van der Waals surface area contributed by atoms with Crippen LogP contribution in [0.2, 0.25) is 0 Å². The summed E-state index contributed by atoms with van der Waals surface area (Å²) in [7, 11) is 0. The van der Waals surface area contributed by atoms with Crippen LogP contribution in [0.15, 0.2) is 42.3 Å². The monoisotopic (exact) mass is 328 g/mol. The van der Waals surface area contributed by atoms with Gasteiger partial charge in [-0.25, -0.2) is 0 Å². The molecule has 2 aromatic rings. The molecule has 5 heteroatoms. The predicted octanol–water partition coefficient (Wildman–Crippen LogP) is 3.67. The molecule has 0 bridgehead atoms. The lowest BCUT2D eigenvalue weighted by atomic mass is 10.1. The second kappa shape index (κ2) is 6.96. The highest BCUT2D eigenvalue weighted by atomic mass is 32.1. The number of amides is 1. The summed E-state index contributed by atoms with van der Waals surface area (Å²) in [5, 5.41) is 2.06. The van der Waals surface area contributed by atoms with Crippen LogP contribution in [0.4, 0.5) is 0 Å². The highest BCUT2D eigenvalue weighted by molar-refractivity contribution is 7.04. The number of ether oxygens (including phenoxy) is 1. The van der Waals surface area contributed by atoms with Crippen molar-refractivity contribution in [1.29, 1.82) is 0 Å². The largest absolute Gasteiger partial charge is 0.490 e. The van der Waals surface area contributed by atoms with Crippen LogP contribution in [0.1, 0.15) is 18.5 Å². The Morgan fingerprint density at radius 2 is 2.22 bits per heavy atom. The Hall–Kier alpha value is -2.14. The number of likely N-dealkylation sites (tertiary alicyclic amines) is 1. The van der Waals surface area contributed by atoms with Crippen LogP contribution in [0.5, 0.6) is 5.75 Å². The molecule has 2 heterocycles. The highest BCUT2D eigenvalue weighted by Gasteiger charge is 2.22. The van der Waals surface area contributed by atoms with Crippen molar-refractivity contribution in [3.63, 3.8) is 0 Å². The number of hydrogen-bond donors (Lipinski definition) is 0. The van der Waals surface area contributed by atoms with Crippen molar-refractivity contribution < 1.29 is 9.53 Å². The van der Waals surface area contributed by atoms with E-state index >= 15 is 0 Å². The summed E-state index contributed by atoms with van der Waals surface area (Å²) in [6.45, 7) is 7.01. The lowest BCUT2D eigenvalue weighted by Crippen LogP contribution is -2.41. The van der Waals surface area contributed by atoms with E-state index in [4.69, 9.17) is 4.74 Å². The minimum Gasteiger partial charge on any atom is -0.490 e. The molecule has 4 nitrogen and oxygen atoms in total. The van der Waals surface area contributed by atoms with Gasteiger partial charge in [-0.3, -0.25) is 4.79 Å². The Labute approximate surface area is 140 Å². The van der Waals surface area contributed by atoms with E-state index in [1.165, 1.54) is 17.6 Å². The third-order valence-corrected chi connectivity index (χ3v) is 4.85. The van der Waals surface area contributed by atoms with Gasteiger partial charge in [-0.2, -0.15) is 4.37 Å². The zero-order valence-corrected chi connectivity index (χ0v) is 14.0. The SMILES string of the molecule is C=CC(=O)N1CCC(Oc2cccc(-c3csnc3C)c2)CC1. The van der Waals surface area contributed by atoms with Crippen LogP contribution in [-0.4, -0.2) is 34.4 Å². The van der Waals surface area contributed by atoms with E-state index in [2.05, 4.69) is 28.5 Å². The third-order valence-electron chi connectivity index (χ3n) is 4.13. The van der Waals surface area contributed by atoms with Crippen LogP contribution in [0.3, 0.4) is 0 Å². The van der Waals surface area contributed by atoms with Gasteiger partial charge in [-0.05, 0) is 42.2 Å². The second-order valence-electron chi connectivity index (χ2n) is 5.69. The Bertz CT molecular complexity index is 703. The predicted molar refractivity (Wildman–Crippen MR) is 92.7 cm³/mol. The number of hydrogen-bond acceptors (Lipinski definition) is 4. The first-order chi connectivity index (χ1) is 11.2. The number of carbonyl (C=O) groups excluding carboxylic acids is 1. The van der Waals surface area contributed by atoms with Crippen molar-refractivity contribution in [2.45, 2.75) is 25.9 Å². The topological polar surface area (TPSA) is 42.4 Å². The van der Waals surface area contributed by atoms with Gasteiger partial charge in [0.1, 0.15) is 11.9 Å². The molecule has 0 spiro atoms. The molecule has 1 aliphatic rings. The van der Waals surface area contributed by atoms with Crippen molar-refractivity contribution >= 4 is 17.4 Å². The van der Waals surface area contributed by atoms with Gasteiger partial charge in [0.05, 0.1) is 5.69 Å². The van der Waals surface area contributed by atoms with Crippen molar-refractivity contribution in [3.05, 3.63) is 48.0 Å². The Morgan fingerprint density at radius 1 is 1.43 bits per heavy atom. The molecule has 23 heavy (non-hydrogen) atoms. The van der Waals surface area contributed by atoms with Crippen LogP contribution in [0, 0.1) is 6.92 Å². The van der Waals surface area contributed by atoms with Gasteiger partial charge in [-0.15, -0.1) is 0 Å². The highest BCUT2D eigenvalue weighted by Crippen LogP contribution is 2.28. The van der Waals surface area contributed by atoms with E-state index in [1.807, 2.05) is 24.0 Å².